The van der Waals surface area contributed by atoms with Crippen LogP contribution in [-0.4, -0.2) is 37.6 Å². The minimum Gasteiger partial charge on any atom is -0.487 e. The highest BCUT2D eigenvalue weighted by molar-refractivity contribution is 7.90. The lowest BCUT2D eigenvalue weighted by Crippen LogP contribution is -2.28. The summed E-state index contributed by atoms with van der Waals surface area (Å²) in [7, 11) is -3.20. The van der Waals surface area contributed by atoms with E-state index in [2.05, 4.69) is 17.2 Å². The minimum atomic E-state index is -3.20. The molecule has 6 nitrogen and oxygen atoms in total. The molecule has 0 amide bonds. The van der Waals surface area contributed by atoms with Crippen molar-refractivity contribution in [1.82, 2.24) is 9.88 Å². The van der Waals surface area contributed by atoms with Gasteiger partial charge in [-0.15, -0.1) is 0 Å². The Morgan fingerprint density at radius 2 is 1.88 bits per heavy atom. The summed E-state index contributed by atoms with van der Waals surface area (Å²) in [6.07, 6.45) is 7.20. The number of benzene rings is 1. The summed E-state index contributed by atoms with van der Waals surface area (Å²) in [6.45, 7) is 1.93. The van der Waals surface area contributed by atoms with Gasteiger partial charge in [-0.1, -0.05) is 6.07 Å². The zero-order chi connectivity index (χ0) is 18.6. The fraction of sp³-hybridized carbons (Fsp3) is 0.368. The fourth-order valence-electron chi connectivity index (χ4n) is 3.02. The molecular formula is C19H21N3O3S. The molecule has 136 valence electrons. The van der Waals surface area contributed by atoms with E-state index in [9.17, 15) is 8.42 Å². The lowest BCUT2D eigenvalue weighted by Gasteiger charge is -2.28. The van der Waals surface area contributed by atoms with Crippen LogP contribution in [0.4, 0.5) is 0 Å². The largest absolute Gasteiger partial charge is 0.487 e. The van der Waals surface area contributed by atoms with Crippen molar-refractivity contribution in [3.63, 3.8) is 0 Å². The smallest absolute Gasteiger partial charge is 0.179 e. The molecule has 0 bridgehead atoms. The third-order valence-corrected chi connectivity index (χ3v) is 5.72. The van der Waals surface area contributed by atoms with Crippen LogP contribution in [-0.2, 0) is 16.4 Å². The molecular weight excluding hydrogens is 350 g/mol. The molecule has 0 unspecified atom stereocenters. The number of nitriles is 1. The van der Waals surface area contributed by atoms with Gasteiger partial charge < -0.3 is 9.64 Å². The molecule has 0 radical (unpaired) electrons. The molecule has 1 aromatic heterocycles. The van der Waals surface area contributed by atoms with Crippen LogP contribution in [0.2, 0.25) is 0 Å². The van der Waals surface area contributed by atoms with Crippen molar-refractivity contribution < 1.29 is 13.2 Å². The monoisotopic (exact) mass is 371 g/mol. The van der Waals surface area contributed by atoms with Crippen molar-refractivity contribution in [2.24, 2.45) is 0 Å². The Morgan fingerprint density at radius 3 is 2.42 bits per heavy atom. The molecule has 0 N–H and O–H groups in total. The summed E-state index contributed by atoms with van der Waals surface area (Å²) < 4.78 is 28.6. The van der Waals surface area contributed by atoms with Gasteiger partial charge in [0.1, 0.15) is 12.4 Å². The van der Waals surface area contributed by atoms with E-state index in [0.717, 1.165) is 31.6 Å². The second-order valence-electron chi connectivity index (χ2n) is 6.48. The second-order valence-corrected chi connectivity index (χ2v) is 8.49. The standard InChI is InChI=1S/C19H21N3O3S/c1-26(23,24)19-6-4-18(5-7-19)25-13-17-3-2-16(12-21-17)15-8-10-22(14-20)11-9-15/h2-7,12,15H,8-11,13H2,1H3. The predicted octanol–water partition coefficient (Wildman–Crippen LogP) is 2.72. The summed E-state index contributed by atoms with van der Waals surface area (Å²) in [4.78, 5) is 6.53. The van der Waals surface area contributed by atoms with Crippen LogP contribution in [0.5, 0.6) is 5.75 Å². The minimum absolute atomic E-state index is 0.273. The number of sulfone groups is 1. The van der Waals surface area contributed by atoms with Gasteiger partial charge in [-0.3, -0.25) is 4.98 Å². The third-order valence-electron chi connectivity index (χ3n) is 4.59. The molecule has 26 heavy (non-hydrogen) atoms. The zero-order valence-corrected chi connectivity index (χ0v) is 15.4. The number of likely N-dealkylation sites (tertiary alicyclic amines) is 1. The first-order valence-electron chi connectivity index (χ1n) is 8.48. The first-order chi connectivity index (χ1) is 12.5. The Hall–Kier alpha value is -2.59. The van der Waals surface area contributed by atoms with Crippen LogP contribution in [0, 0.1) is 11.5 Å². The van der Waals surface area contributed by atoms with E-state index in [-0.39, 0.29) is 4.90 Å². The average Bonchev–Trinajstić information content (AvgIpc) is 2.66. The van der Waals surface area contributed by atoms with E-state index in [1.54, 1.807) is 17.0 Å². The molecule has 3 rings (SSSR count). The van der Waals surface area contributed by atoms with Crippen LogP contribution in [0.1, 0.15) is 30.0 Å². The van der Waals surface area contributed by atoms with Gasteiger partial charge in [0.2, 0.25) is 0 Å². The topological polar surface area (TPSA) is 83.3 Å². The molecule has 0 saturated carbocycles. The van der Waals surface area contributed by atoms with E-state index in [4.69, 9.17) is 10.00 Å². The maximum atomic E-state index is 11.5. The zero-order valence-electron chi connectivity index (χ0n) is 14.6. The number of pyridine rings is 1. The molecule has 1 aromatic carbocycles. The van der Waals surface area contributed by atoms with Gasteiger partial charge in [-0.05, 0) is 54.7 Å². The number of hydrogen-bond acceptors (Lipinski definition) is 6. The van der Waals surface area contributed by atoms with Crippen molar-refractivity contribution in [3.8, 4) is 11.9 Å². The number of hydrogen-bond donors (Lipinski definition) is 0. The third kappa shape index (κ3) is 4.52. The number of piperidine rings is 1. The lowest BCUT2D eigenvalue weighted by atomic mass is 9.90. The van der Waals surface area contributed by atoms with Gasteiger partial charge in [-0.25, -0.2) is 8.42 Å². The maximum Gasteiger partial charge on any atom is 0.179 e. The van der Waals surface area contributed by atoms with Crippen molar-refractivity contribution >= 4 is 9.84 Å². The highest BCUT2D eigenvalue weighted by atomic mass is 32.2. The van der Waals surface area contributed by atoms with E-state index in [0.29, 0.717) is 18.3 Å². The van der Waals surface area contributed by atoms with E-state index < -0.39 is 9.84 Å². The van der Waals surface area contributed by atoms with Gasteiger partial charge in [0.25, 0.3) is 0 Å². The SMILES string of the molecule is CS(=O)(=O)c1ccc(OCc2ccc(C3CCN(C#N)CC3)cn2)cc1. The number of aromatic nitrogens is 1. The molecule has 1 fully saturated rings. The molecule has 1 saturated heterocycles. The molecule has 0 atom stereocenters. The van der Waals surface area contributed by atoms with Crippen LogP contribution in [0.3, 0.4) is 0 Å². The maximum absolute atomic E-state index is 11.5. The number of rotatable bonds is 5. The summed E-state index contributed by atoms with van der Waals surface area (Å²) in [5, 5.41) is 8.91. The van der Waals surface area contributed by atoms with Crippen molar-refractivity contribution in [1.29, 1.82) is 5.26 Å². The van der Waals surface area contributed by atoms with Crippen LogP contribution >= 0.6 is 0 Å². The first-order valence-corrected chi connectivity index (χ1v) is 10.4. The Bertz CT molecular complexity index is 879. The Balaban J connectivity index is 1.56. The Labute approximate surface area is 154 Å². The Kier molecular flexibility index (Phi) is 5.43. The highest BCUT2D eigenvalue weighted by Gasteiger charge is 2.19. The van der Waals surface area contributed by atoms with Gasteiger partial charge in [0.05, 0.1) is 10.6 Å². The van der Waals surface area contributed by atoms with Crippen LogP contribution in [0.25, 0.3) is 0 Å². The summed E-state index contributed by atoms with van der Waals surface area (Å²) in [5.41, 5.74) is 2.01. The summed E-state index contributed by atoms with van der Waals surface area (Å²) >= 11 is 0. The molecule has 1 aliphatic rings. The van der Waals surface area contributed by atoms with Crippen molar-refractivity contribution in [2.45, 2.75) is 30.3 Å². The van der Waals surface area contributed by atoms with E-state index >= 15 is 0 Å². The van der Waals surface area contributed by atoms with Crippen LogP contribution in [0.15, 0.2) is 47.5 Å². The Morgan fingerprint density at radius 1 is 1.19 bits per heavy atom. The predicted molar refractivity (Wildman–Crippen MR) is 97.3 cm³/mol. The first kappa shape index (κ1) is 18.2. The van der Waals surface area contributed by atoms with E-state index in [1.165, 1.54) is 24.0 Å². The summed E-state index contributed by atoms with van der Waals surface area (Å²) in [6, 6.07) is 10.4. The van der Waals surface area contributed by atoms with Crippen LogP contribution < -0.4 is 4.74 Å². The van der Waals surface area contributed by atoms with Gasteiger partial charge in [0.15, 0.2) is 16.0 Å². The molecule has 2 aromatic rings. The molecule has 0 spiro atoms. The normalized spacial score (nSPS) is 15.5. The van der Waals surface area contributed by atoms with Crippen molar-refractivity contribution in [3.05, 3.63) is 53.9 Å². The second kappa shape index (κ2) is 7.75. The van der Waals surface area contributed by atoms with Gasteiger partial charge in [0, 0.05) is 25.5 Å². The molecule has 7 heteroatoms. The number of ether oxygens (including phenoxy) is 1. The highest BCUT2D eigenvalue weighted by Crippen LogP contribution is 2.27. The molecule has 2 heterocycles. The quantitative estimate of drug-likeness (QED) is 0.752. The molecule has 1 aliphatic heterocycles. The van der Waals surface area contributed by atoms with Gasteiger partial charge >= 0.3 is 0 Å². The average molecular weight is 371 g/mol. The lowest BCUT2D eigenvalue weighted by molar-refractivity contribution is 0.293. The van der Waals surface area contributed by atoms with Gasteiger partial charge in [-0.2, -0.15) is 5.26 Å². The number of nitrogens with zero attached hydrogens (tertiary/aromatic N) is 3. The van der Waals surface area contributed by atoms with Crippen molar-refractivity contribution in [2.75, 3.05) is 19.3 Å². The van der Waals surface area contributed by atoms with E-state index in [1.807, 2.05) is 12.3 Å². The summed E-state index contributed by atoms with van der Waals surface area (Å²) in [5.74, 6) is 1.05. The fourth-order valence-corrected chi connectivity index (χ4v) is 3.65. The molecule has 0 aliphatic carbocycles.